The third-order valence-corrected chi connectivity index (χ3v) is 2.25. The summed E-state index contributed by atoms with van der Waals surface area (Å²) in [5.74, 6) is -0.852. The number of rotatable bonds is 5. The molecule has 1 aromatic rings. The number of methoxy groups -OCH3 is 1. The number of nitrogens with zero attached hydrogens (tertiary/aromatic N) is 1. The molecule has 2 N–H and O–H groups in total. The quantitative estimate of drug-likeness (QED) is 0.465. The Balaban J connectivity index is 2.54. The van der Waals surface area contributed by atoms with Gasteiger partial charge in [-0.05, 0) is 18.6 Å². The van der Waals surface area contributed by atoms with Crippen molar-refractivity contribution in [3.05, 3.63) is 29.8 Å². The van der Waals surface area contributed by atoms with Gasteiger partial charge in [-0.25, -0.2) is 5.43 Å². The van der Waals surface area contributed by atoms with E-state index in [1.807, 2.05) is 19.1 Å². The van der Waals surface area contributed by atoms with Gasteiger partial charge in [-0.2, -0.15) is 5.10 Å². The number of benzene rings is 1. The number of carbonyl (C=O) groups excluding carboxylic acids is 2. The van der Waals surface area contributed by atoms with E-state index in [2.05, 4.69) is 15.8 Å². The van der Waals surface area contributed by atoms with Gasteiger partial charge >= 0.3 is 11.8 Å². The van der Waals surface area contributed by atoms with E-state index in [-0.39, 0.29) is 0 Å². The maximum atomic E-state index is 11.3. The van der Waals surface area contributed by atoms with Crippen LogP contribution in [0.4, 0.5) is 0 Å². The largest absolute Gasteiger partial charge is 0.496 e. The highest BCUT2D eigenvalue weighted by Gasteiger charge is 2.10. The van der Waals surface area contributed by atoms with E-state index in [1.54, 1.807) is 19.2 Å². The molecule has 0 saturated carbocycles. The van der Waals surface area contributed by atoms with Crippen LogP contribution in [-0.4, -0.2) is 31.7 Å². The van der Waals surface area contributed by atoms with Crippen LogP contribution in [-0.2, 0) is 9.59 Å². The molecule has 0 spiro atoms. The van der Waals surface area contributed by atoms with Crippen LogP contribution < -0.4 is 15.5 Å². The molecule has 0 aliphatic heterocycles. The molecule has 6 heteroatoms. The zero-order valence-corrected chi connectivity index (χ0v) is 11.0. The summed E-state index contributed by atoms with van der Waals surface area (Å²) in [6, 6.07) is 7.20. The predicted octanol–water partition coefficient (Wildman–Crippen LogP) is 0.672. The van der Waals surface area contributed by atoms with Crippen molar-refractivity contribution in [3.63, 3.8) is 0 Å². The molecule has 0 saturated heterocycles. The Morgan fingerprint density at radius 1 is 1.32 bits per heavy atom. The summed E-state index contributed by atoms with van der Waals surface area (Å²) < 4.78 is 5.12. The van der Waals surface area contributed by atoms with Gasteiger partial charge in [0, 0.05) is 12.1 Å². The van der Waals surface area contributed by atoms with E-state index < -0.39 is 11.8 Å². The molecule has 1 aromatic carbocycles. The highest BCUT2D eigenvalue weighted by molar-refractivity contribution is 6.35. The molecule has 102 valence electrons. The highest BCUT2D eigenvalue weighted by atomic mass is 16.5. The number of nitrogens with one attached hydrogen (secondary N) is 2. The molecule has 2 amide bonds. The van der Waals surface area contributed by atoms with E-state index in [4.69, 9.17) is 4.74 Å². The van der Waals surface area contributed by atoms with E-state index >= 15 is 0 Å². The lowest BCUT2D eigenvalue weighted by molar-refractivity contribution is -0.139. The second-order valence-electron chi connectivity index (χ2n) is 3.70. The zero-order chi connectivity index (χ0) is 14.1. The molecule has 6 nitrogen and oxygen atoms in total. The fourth-order valence-electron chi connectivity index (χ4n) is 1.30. The lowest BCUT2D eigenvalue weighted by atomic mass is 10.2. The Hall–Kier alpha value is -2.37. The average Bonchev–Trinajstić information content (AvgIpc) is 2.45. The normalized spacial score (nSPS) is 10.2. The van der Waals surface area contributed by atoms with Crippen molar-refractivity contribution < 1.29 is 14.3 Å². The van der Waals surface area contributed by atoms with Gasteiger partial charge < -0.3 is 10.1 Å². The van der Waals surface area contributed by atoms with Gasteiger partial charge in [0.1, 0.15) is 5.75 Å². The molecule has 0 radical (unpaired) electrons. The molecule has 1 rings (SSSR count). The Kier molecular flexibility index (Phi) is 6.08. The fraction of sp³-hybridized carbons (Fsp3) is 0.308. The predicted molar refractivity (Wildman–Crippen MR) is 72.0 cm³/mol. The maximum absolute atomic E-state index is 11.3. The van der Waals surface area contributed by atoms with E-state index in [9.17, 15) is 9.59 Å². The number of hydrazone groups is 1. The SMILES string of the molecule is CCCNC(=O)C(=O)NN=Cc1ccccc1OC. The average molecular weight is 263 g/mol. The summed E-state index contributed by atoms with van der Waals surface area (Å²) in [6.45, 7) is 2.36. The number of hydrogen-bond donors (Lipinski definition) is 2. The van der Waals surface area contributed by atoms with Crippen LogP contribution in [0.1, 0.15) is 18.9 Å². The van der Waals surface area contributed by atoms with Crippen LogP contribution >= 0.6 is 0 Å². The molecular formula is C13H17N3O3. The zero-order valence-electron chi connectivity index (χ0n) is 11.0. The number of para-hydroxylation sites is 1. The van der Waals surface area contributed by atoms with Crippen LogP contribution in [0, 0.1) is 0 Å². The van der Waals surface area contributed by atoms with Crippen molar-refractivity contribution in [2.75, 3.05) is 13.7 Å². The summed E-state index contributed by atoms with van der Waals surface area (Å²) >= 11 is 0. The molecule has 19 heavy (non-hydrogen) atoms. The molecule has 0 bridgehead atoms. The van der Waals surface area contributed by atoms with Crippen molar-refractivity contribution in [2.24, 2.45) is 5.10 Å². The van der Waals surface area contributed by atoms with Gasteiger partial charge in [-0.1, -0.05) is 19.1 Å². The summed E-state index contributed by atoms with van der Waals surface area (Å²) in [5, 5.41) is 6.17. The Labute approximate surface area is 111 Å². The Morgan fingerprint density at radius 2 is 2.05 bits per heavy atom. The molecule has 0 fully saturated rings. The van der Waals surface area contributed by atoms with Gasteiger partial charge in [0.2, 0.25) is 0 Å². The molecule has 0 atom stereocenters. The molecule has 0 aliphatic rings. The molecule has 0 aliphatic carbocycles. The van der Waals surface area contributed by atoms with Crippen molar-refractivity contribution in [2.45, 2.75) is 13.3 Å². The van der Waals surface area contributed by atoms with Crippen LogP contribution in [0.2, 0.25) is 0 Å². The summed E-state index contributed by atoms with van der Waals surface area (Å²) in [4.78, 5) is 22.6. The number of carbonyl (C=O) groups is 2. The fourth-order valence-corrected chi connectivity index (χ4v) is 1.30. The topological polar surface area (TPSA) is 79.8 Å². The lowest BCUT2D eigenvalue weighted by Gasteiger charge is -2.03. The highest BCUT2D eigenvalue weighted by Crippen LogP contribution is 2.14. The van der Waals surface area contributed by atoms with Crippen molar-refractivity contribution in [1.29, 1.82) is 0 Å². The minimum absolute atomic E-state index is 0.461. The monoisotopic (exact) mass is 263 g/mol. The first-order valence-corrected chi connectivity index (χ1v) is 5.93. The van der Waals surface area contributed by atoms with Gasteiger partial charge in [0.25, 0.3) is 0 Å². The minimum atomic E-state index is -0.792. The first-order chi connectivity index (χ1) is 9.19. The van der Waals surface area contributed by atoms with Gasteiger partial charge in [-0.15, -0.1) is 0 Å². The van der Waals surface area contributed by atoms with Crippen molar-refractivity contribution >= 4 is 18.0 Å². The van der Waals surface area contributed by atoms with Crippen molar-refractivity contribution in [1.82, 2.24) is 10.7 Å². The first-order valence-electron chi connectivity index (χ1n) is 5.93. The second kappa shape index (κ2) is 7.86. The first kappa shape index (κ1) is 14.7. The van der Waals surface area contributed by atoms with Gasteiger partial charge in [0.05, 0.1) is 13.3 Å². The third-order valence-electron chi connectivity index (χ3n) is 2.25. The second-order valence-corrected chi connectivity index (χ2v) is 3.70. The maximum Gasteiger partial charge on any atom is 0.329 e. The molecular weight excluding hydrogens is 246 g/mol. The molecule has 0 aromatic heterocycles. The number of amides is 2. The van der Waals surface area contributed by atoms with E-state index in [0.29, 0.717) is 17.9 Å². The van der Waals surface area contributed by atoms with Gasteiger partial charge in [-0.3, -0.25) is 9.59 Å². The minimum Gasteiger partial charge on any atom is -0.496 e. The standard InChI is InChI=1S/C13H17N3O3/c1-3-8-14-12(17)13(18)16-15-9-10-6-4-5-7-11(10)19-2/h4-7,9H,3,8H2,1-2H3,(H,14,17)(H,16,18). The summed E-state index contributed by atoms with van der Waals surface area (Å²) in [5.41, 5.74) is 2.86. The Morgan fingerprint density at radius 3 is 2.74 bits per heavy atom. The van der Waals surface area contributed by atoms with Crippen molar-refractivity contribution in [3.8, 4) is 5.75 Å². The number of hydrogen-bond acceptors (Lipinski definition) is 4. The number of ether oxygens (including phenoxy) is 1. The van der Waals surface area contributed by atoms with Crippen LogP contribution in [0.3, 0.4) is 0 Å². The van der Waals surface area contributed by atoms with Crippen LogP contribution in [0.15, 0.2) is 29.4 Å². The van der Waals surface area contributed by atoms with Crippen LogP contribution in [0.5, 0.6) is 5.75 Å². The van der Waals surface area contributed by atoms with Crippen LogP contribution in [0.25, 0.3) is 0 Å². The third kappa shape index (κ3) is 4.79. The molecule has 0 unspecified atom stereocenters. The molecule has 0 heterocycles. The smallest absolute Gasteiger partial charge is 0.329 e. The van der Waals surface area contributed by atoms with E-state index in [1.165, 1.54) is 6.21 Å². The van der Waals surface area contributed by atoms with Gasteiger partial charge in [0.15, 0.2) is 0 Å². The summed E-state index contributed by atoms with van der Waals surface area (Å²) in [6.07, 6.45) is 2.19. The Bertz CT molecular complexity index is 472. The van der Waals surface area contributed by atoms with E-state index in [0.717, 1.165) is 6.42 Å². The lowest BCUT2D eigenvalue weighted by Crippen LogP contribution is -2.38. The summed E-state index contributed by atoms with van der Waals surface area (Å²) in [7, 11) is 1.55.